The molecule has 0 unspecified atom stereocenters. The van der Waals surface area contributed by atoms with Gasteiger partial charge in [0.15, 0.2) is 0 Å². The molecule has 0 aromatic heterocycles. The third kappa shape index (κ3) is 33300. The summed E-state index contributed by atoms with van der Waals surface area (Å²) in [5.74, 6) is 0. The molecule has 12 nitrogen and oxygen atoms in total. The Balaban J connectivity index is -0.0000000655. The summed E-state index contributed by atoms with van der Waals surface area (Å²) in [6.45, 7) is 0. The molecule has 0 rings (SSSR count). The summed E-state index contributed by atoms with van der Waals surface area (Å²) in [5, 5.41) is 0. The minimum absolute atomic E-state index is 0. The number of rotatable bonds is 0. The van der Waals surface area contributed by atoms with Crippen LogP contribution in [-0.4, -0.2) is 19.8 Å². The van der Waals surface area contributed by atoms with Gasteiger partial charge in [0.05, 0.1) is 0 Å². The van der Waals surface area contributed by atoms with E-state index in [1.807, 2.05) is 0 Å². The van der Waals surface area contributed by atoms with Crippen molar-refractivity contribution < 1.29 is 86.0 Å². The first kappa shape index (κ1) is 25.2. The average Bonchev–Trinajstić information content (AvgIpc) is 1.41. The summed E-state index contributed by atoms with van der Waals surface area (Å²) < 4.78 is 103. The fourth-order valence-electron chi connectivity index (χ4n) is 0. The second-order valence-electron chi connectivity index (χ2n) is 1.13. The SMILES string of the molecule is [Ga+3].[O]=[Mn](=[O])(=[O])[O-].[O]=[Mn](=[O])(=[O])[O-].[O]=[Mn](=[O])(=[O])[O-]. The van der Waals surface area contributed by atoms with Crippen LogP contribution < -0.4 is 12.6 Å². The Morgan fingerprint density at radius 2 is 0.438 bits per heavy atom. The summed E-state index contributed by atoms with van der Waals surface area (Å²) >= 11 is -16.9. The molecule has 0 heterocycles. The van der Waals surface area contributed by atoms with Gasteiger partial charge >= 0.3 is 106 Å². The normalized spacial score (nSPS) is 10.7. The number of hydrogen-bond donors (Lipinski definition) is 0. The van der Waals surface area contributed by atoms with E-state index in [1.54, 1.807) is 0 Å². The van der Waals surface area contributed by atoms with E-state index in [-0.39, 0.29) is 19.8 Å². The zero-order chi connectivity index (χ0) is 13.5. The third-order valence-corrected chi connectivity index (χ3v) is 0. The molecule has 0 spiro atoms. The van der Waals surface area contributed by atoms with Crippen molar-refractivity contribution in [1.29, 1.82) is 0 Å². The van der Waals surface area contributed by atoms with Crippen LogP contribution in [0.4, 0.5) is 0 Å². The molecular formula is GaMn3O12. The Kier molecular flexibility index (Phi) is 14.7. The van der Waals surface area contributed by atoms with Crippen molar-refractivity contribution >= 4 is 19.8 Å². The molecule has 0 aliphatic carbocycles. The third-order valence-electron chi connectivity index (χ3n) is 0. The molecule has 96 valence electrons. The summed E-state index contributed by atoms with van der Waals surface area (Å²) in [6, 6.07) is 0. The summed E-state index contributed by atoms with van der Waals surface area (Å²) in [6.07, 6.45) is 0. The Morgan fingerprint density at radius 3 is 0.438 bits per heavy atom. The van der Waals surface area contributed by atoms with E-state index < -0.39 is 38.9 Å². The molecule has 0 fully saturated rings. The zero-order valence-corrected chi connectivity index (χ0v) is 12.6. The van der Waals surface area contributed by atoms with Gasteiger partial charge in [0.25, 0.3) is 0 Å². The van der Waals surface area contributed by atoms with E-state index in [0.29, 0.717) is 0 Å². The van der Waals surface area contributed by atoms with Crippen molar-refractivity contribution in [2.24, 2.45) is 0 Å². The molecule has 0 N–H and O–H groups in total. The molecule has 0 atom stereocenters. The Hall–Kier alpha value is 0.275. The van der Waals surface area contributed by atoms with Crippen molar-refractivity contribution in [3.8, 4) is 0 Å². The van der Waals surface area contributed by atoms with Crippen LogP contribution in [0.15, 0.2) is 0 Å². The van der Waals surface area contributed by atoms with Crippen LogP contribution in [0.3, 0.4) is 0 Å². The van der Waals surface area contributed by atoms with E-state index in [2.05, 4.69) is 0 Å². The second-order valence-corrected chi connectivity index (χ2v) is 4.68. The van der Waals surface area contributed by atoms with E-state index >= 15 is 0 Å². The van der Waals surface area contributed by atoms with Crippen LogP contribution in [0.2, 0.25) is 0 Å². The van der Waals surface area contributed by atoms with Gasteiger partial charge in [-0.1, -0.05) is 0 Å². The van der Waals surface area contributed by atoms with Crippen molar-refractivity contribution in [3.63, 3.8) is 0 Å². The molecule has 0 aromatic carbocycles. The standard InChI is InChI=1S/Ga.3Mn.12O/q+3;;;;;;;;;;;;;3*-1. The van der Waals surface area contributed by atoms with Gasteiger partial charge in [-0.15, -0.1) is 0 Å². The van der Waals surface area contributed by atoms with E-state index in [4.69, 9.17) is 47.1 Å². The minimum atomic E-state index is -5.62. The van der Waals surface area contributed by atoms with Crippen molar-refractivity contribution in [3.05, 3.63) is 0 Å². The summed E-state index contributed by atoms with van der Waals surface area (Å²) in [7, 11) is 0. The predicted octanol–water partition coefficient (Wildman–Crippen LogP) is -5.02. The first-order valence-electron chi connectivity index (χ1n) is 1.85. The van der Waals surface area contributed by atoms with Crippen LogP contribution in [0, 0.1) is 0 Å². The Morgan fingerprint density at radius 1 is 0.438 bits per heavy atom. The van der Waals surface area contributed by atoms with Crippen LogP contribution in [-0.2, 0) is 73.4 Å². The fraction of sp³-hybridized carbons (Fsp3) is 0. The first-order valence-corrected chi connectivity index (χ1v) is 7.63. The van der Waals surface area contributed by atoms with Crippen molar-refractivity contribution in [1.82, 2.24) is 0 Å². The van der Waals surface area contributed by atoms with Gasteiger partial charge in [-0.2, -0.15) is 0 Å². The van der Waals surface area contributed by atoms with Gasteiger partial charge < -0.3 is 0 Å². The average molecular weight is 427 g/mol. The molecular weight excluding hydrogens is 427 g/mol. The molecule has 0 radical (unpaired) electrons. The summed E-state index contributed by atoms with van der Waals surface area (Å²) in [4.78, 5) is 0. The maximum absolute atomic E-state index is 8.58. The van der Waals surface area contributed by atoms with Gasteiger partial charge in [0.1, 0.15) is 0 Å². The number of hydrogen-bond acceptors (Lipinski definition) is 12. The predicted molar refractivity (Wildman–Crippen MR) is 11.9 cm³/mol. The van der Waals surface area contributed by atoms with E-state index in [0.717, 1.165) is 0 Å². The van der Waals surface area contributed by atoms with Crippen LogP contribution in [0.25, 0.3) is 0 Å². The molecule has 0 saturated heterocycles. The summed E-state index contributed by atoms with van der Waals surface area (Å²) in [5.41, 5.74) is 0. The maximum atomic E-state index is 8.58. The van der Waals surface area contributed by atoms with Crippen LogP contribution in [0.5, 0.6) is 0 Å². The molecule has 16 heavy (non-hydrogen) atoms. The molecule has 0 bridgehead atoms. The van der Waals surface area contributed by atoms with Gasteiger partial charge in [-0.05, 0) is 0 Å². The molecule has 16 heteroatoms. The van der Waals surface area contributed by atoms with Crippen molar-refractivity contribution in [2.45, 2.75) is 0 Å². The fourth-order valence-corrected chi connectivity index (χ4v) is 0. The van der Waals surface area contributed by atoms with Gasteiger partial charge in [-0.3, -0.25) is 0 Å². The Bertz CT molecular complexity index is 480. The molecule has 0 amide bonds. The first-order chi connectivity index (χ1) is 6.00. The molecule has 0 aromatic rings. The van der Waals surface area contributed by atoms with E-state index in [9.17, 15) is 0 Å². The zero-order valence-electron chi connectivity index (χ0n) is 6.61. The molecule has 0 saturated carbocycles. The van der Waals surface area contributed by atoms with Crippen LogP contribution in [0.1, 0.15) is 0 Å². The van der Waals surface area contributed by atoms with Crippen molar-refractivity contribution in [2.75, 3.05) is 0 Å². The van der Waals surface area contributed by atoms with Gasteiger partial charge in [-0.25, -0.2) is 0 Å². The topological polar surface area (TPSA) is 223 Å². The van der Waals surface area contributed by atoms with Gasteiger partial charge in [0, 0.05) is 0 Å². The van der Waals surface area contributed by atoms with E-state index in [1.165, 1.54) is 0 Å². The Labute approximate surface area is 105 Å². The molecule has 0 aliphatic rings. The quantitative estimate of drug-likeness (QED) is 0.332. The van der Waals surface area contributed by atoms with Crippen LogP contribution >= 0.6 is 0 Å². The molecule has 0 aliphatic heterocycles. The monoisotopic (exact) mass is 426 g/mol. The second kappa shape index (κ2) is 9.32. The van der Waals surface area contributed by atoms with Gasteiger partial charge in [0.2, 0.25) is 0 Å².